The Hall–Kier alpha value is -0.0600. The Balaban J connectivity index is 2.12. The number of alkyl halides is 1. The fourth-order valence-corrected chi connectivity index (χ4v) is 3.52. The van der Waals surface area contributed by atoms with Crippen molar-refractivity contribution in [2.45, 2.75) is 45.2 Å². The Labute approximate surface area is 123 Å². The SMILES string of the molecule is Cc1nn(C)c(Cl)c1CN(CCBr)C1CCCC1. The molecule has 0 N–H and O–H groups in total. The molecule has 1 heterocycles. The molecule has 1 aromatic rings. The molecule has 0 radical (unpaired) electrons. The fraction of sp³-hybridized carbons (Fsp3) is 0.769. The lowest BCUT2D eigenvalue weighted by molar-refractivity contribution is 0.202. The molecule has 0 spiro atoms. The Morgan fingerprint density at radius 2 is 2.11 bits per heavy atom. The predicted octanol–water partition coefficient (Wildman–Crippen LogP) is 3.52. The second kappa shape index (κ2) is 6.40. The second-order valence-electron chi connectivity index (χ2n) is 5.08. The zero-order chi connectivity index (χ0) is 13.1. The Morgan fingerprint density at radius 3 is 2.61 bits per heavy atom. The molecule has 0 aromatic carbocycles. The van der Waals surface area contributed by atoms with Gasteiger partial charge in [0.2, 0.25) is 0 Å². The maximum Gasteiger partial charge on any atom is 0.131 e. The third kappa shape index (κ3) is 3.09. The summed E-state index contributed by atoms with van der Waals surface area (Å²) in [5.41, 5.74) is 2.24. The van der Waals surface area contributed by atoms with E-state index >= 15 is 0 Å². The van der Waals surface area contributed by atoms with Crippen molar-refractivity contribution >= 4 is 27.5 Å². The van der Waals surface area contributed by atoms with Crippen LogP contribution < -0.4 is 0 Å². The molecule has 1 saturated carbocycles. The van der Waals surface area contributed by atoms with Gasteiger partial charge < -0.3 is 0 Å². The predicted molar refractivity (Wildman–Crippen MR) is 79.4 cm³/mol. The molecule has 5 heteroatoms. The monoisotopic (exact) mass is 333 g/mol. The molecule has 0 unspecified atom stereocenters. The lowest BCUT2D eigenvalue weighted by atomic mass is 10.1. The van der Waals surface area contributed by atoms with Crippen LogP contribution in [0.2, 0.25) is 5.15 Å². The van der Waals surface area contributed by atoms with E-state index in [9.17, 15) is 0 Å². The minimum Gasteiger partial charge on any atom is -0.295 e. The van der Waals surface area contributed by atoms with E-state index in [0.717, 1.165) is 35.3 Å². The molecule has 0 saturated heterocycles. The quantitative estimate of drug-likeness (QED) is 0.768. The zero-order valence-electron chi connectivity index (χ0n) is 11.1. The van der Waals surface area contributed by atoms with Gasteiger partial charge in [-0.15, -0.1) is 0 Å². The van der Waals surface area contributed by atoms with E-state index in [-0.39, 0.29) is 0 Å². The summed E-state index contributed by atoms with van der Waals surface area (Å²) in [7, 11) is 1.91. The molecule has 1 fully saturated rings. The average Bonchev–Trinajstić information content (AvgIpc) is 2.93. The van der Waals surface area contributed by atoms with Crippen LogP contribution in [0.15, 0.2) is 0 Å². The Kier molecular flexibility index (Phi) is 5.10. The van der Waals surface area contributed by atoms with Gasteiger partial charge in [-0.3, -0.25) is 9.58 Å². The van der Waals surface area contributed by atoms with Gasteiger partial charge in [-0.1, -0.05) is 40.4 Å². The topological polar surface area (TPSA) is 21.1 Å². The van der Waals surface area contributed by atoms with Crippen molar-refractivity contribution in [1.82, 2.24) is 14.7 Å². The van der Waals surface area contributed by atoms with Crippen molar-refractivity contribution in [1.29, 1.82) is 0 Å². The van der Waals surface area contributed by atoms with Gasteiger partial charge in [0.1, 0.15) is 5.15 Å². The van der Waals surface area contributed by atoms with Crippen LogP contribution in [-0.4, -0.2) is 32.6 Å². The summed E-state index contributed by atoms with van der Waals surface area (Å²) in [4.78, 5) is 2.55. The highest BCUT2D eigenvalue weighted by Crippen LogP contribution is 2.27. The van der Waals surface area contributed by atoms with Crippen molar-refractivity contribution in [2.24, 2.45) is 7.05 Å². The summed E-state index contributed by atoms with van der Waals surface area (Å²) >= 11 is 9.88. The molecule has 0 amide bonds. The molecule has 102 valence electrons. The Morgan fingerprint density at radius 1 is 1.44 bits per heavy atom. The van der Waals surface area contributed by atoms with Crippen LogP contribution in [0, 0.1) is 6.92 Å². The first-order valence-electron chi connectivity index (χ1n) is 6.61. The van der Waals surface area contributed by atoms with Gasteiger partial charge in [-0.05, 0) is 19.8 Å². The van der Waals surface area contributed by atoms with Crippen LogP contribution in [0.4, 0.5) is 0 Å². The van der Waals surface area contributed by atoms with Crippen molar-refractivity contribution in [3.05, 3.63) is 16.4 Å². The van der Waals surface area contributed by atoms with E-state index in [2.05, 4.69) is 25.9 Å². The Bertz CT molecular complexity index is 399. The molecule has 2 rings (SSSR count). The molecular weight excluding hydrogens is 314 g/mol. The number of hydrogen-bond acceptors (Lipinski definition) is 2. The fourth-order valence-electron chi connectivity index (χ4n) is 2.83. The first kappa shape index (κ1) is 14.4. The van der Waals surface area contributed by atoms with Crippen LogP contribution in [0.3, 0.4) is 0 Å². The maximum atomic E-state index is 6.33. The third-order valence-corrected chi connectivity index (χ3v) is 4.67. The van der Waals surface area contributed by atoms with Crippen molar-refractivity contribution in [3.63, 3.8) is 0 Å². The minimum absolute atomic E-state index is 0.721. The van der Waals surface area contributed by atoms with Crippen molar-refractivity contribution in [2.75, 3.05) is 11.9 Å². The number of aryl methyl sites for hydroxylation is 2. The highest BCUT2D eigenvalue weighted by molar-refractivity contribution is 9.09. The molecule has 0 aliphatic heterocycles. The van der Waals surface area contributed by atoms with E-state index in [1.165, 1.54) is 31.2 Å². The average molecular weight is 335 g/mol. The largest absolute Gasteiger partial charge is 0.295 e. The molecule has 18 heavy (non-hydrogen) atoms. The lowest BCUT2D eigenvalue weighted by Crippen LogP contribution is -2.34. The summed E-state index contributed by atoms with van der Waals surface area (Å²) in [5.74, 6) is 0. The van der Waals surface area contributed by atoms with Crippen LogP contribution in [0.5, 0.6) is 0 Å². The van der Waals surface area contributed by atoms with Crippen molar-refractivity contribution in [3.8, 4) is 0 Å². The molecule has 1 aliphatic rings. The summed E-state index contributed by atoms with van der Waals surface area (Å²) in [6.45, 7) is 4.05. The number of nitrogens with zero attached hydrogens (tertiary/aromatic N) is 3. The van der Waals surface area contributed by atoms with Gasteiger partial charge in [-0.2, -0.15) is 5.10 Å². The normalized spacial score (nSPS) is 16.9. The van der Waals surface area contributed by atoms with Crippen molar-refractivity contribution < 1.29 is 0 Å². The van der Waals surface area contributed by atoms with E-state index in [0.29, 0.717) is 0 Å². The van der Waals surface area contributed by atoms with Crippen LogP contribution >= 0.6 is 27.5 Å². The first-order chi connectivity index (χ1) is 8.63. The molecule has 1 aromatic heterocycles. The van der Waals surface area contributed by atoms with Crippen LogP contribution in [0.25, 0.3) is 0 Å². The van der Waals surface area contributed by atoms with E-state index in [1.54, 1.807) is 4.68 Å². The summed E-state index contributed by atoms with van der Waals surface area (Å²) < 4.78 is 1.77. The number of aromatic nitrogens is 2. The van der Waals surface area contributed by atoms with E-state index in [4.69, 9.17) is 11.6 Å². The standard InChI is InChI=1S/C13H21BrClN3/c1-10-12(13(15)17(2)16-10)9-18(8-7-14)11-5-3-4-6-11/h11H,3-9H2,1-2H3. The van der Waals surface area contributed by atoms with Gasteiger partial charge in [-0.25, -0.2) is 0 Å². The lowest BCUT2D eigenvalue weighted by Gasteiger charge is -2.28. The molecule has 3 nitrogen and oxygen atoms in total. The number of hydrogen-bond donors (Lipinski definition) is 0. The third-order valence-electron chi connectivity index (χ3n) is 3.84. The van der Waals surface area contributed by atoms with Gasteiger partial charge in [0.15, 0.2) is 0 Å². The molecule has 1 aliphatic carbocycles. The van der Waals surface area contributed by atoms with Crippen LogP contribution in [-0.2, 0) is 13.6 Å². The number of halogens is 2. The summed E-state index contributed by atoms with van der Waals surface area (Å²) in [5, 5.41) is 6.19. The molecule has 0 bridgehead atoms. The molecule has 0 atom stereocenters. The molecular formula is C13H21BrClN3. The van der Waals surface area contributed by atoms with E-state index < -0.39 is 0 Å². The van der Waals surface area contributed by atoms with Crippen LogP contribution in [0.1, 0.15) is 36.9 Å². The highest BCUT2D eigenvalue weighted by Gasteiger charge is 2.24. The zero-order valence-corrected chi connectivity index (χ0v) is 13.5. The smallest absolute Gasteiger partial charge is 0.131 e. The number of rotatable bonds is 5. The van der Waals surface area contributed by atoms with E-state index in [1.807, 2.05) is 14.0 Å². The van der Waals surface area contributed by atoms with Gasteiger partial charge >= 0.3 is 0 Å². The van der Waals surface area contributed by atoms with Gasteiger partial charge in [0, 0.05) is 37.1 Å². The summed E-state index contributed by atoms with van der Waals surface area (Å²) in [6, 6.07) is 0.721. The van der Waals surface area contributed by atoms with Gasteiger partial charge in [0.25, 0.3) is 0 Å². The summed E-state index contributed by atoms with van der Waals surface area (Å²) in [6.07, 6.45) is 5.38. The maximum absolute atomic E-state index is 6.33. The van der Waals surface area contributed by atoms with Gasteiger partial charge in [0.05, 0.1) is 5.69 Å². The first-order valence-corrected chi connectivity index (χ1v) is 8.11. The minimum atomic E-state index is 0.721. The highest BCUT2D eigenvalue weighted by atomic mass is 79.9. The second-order valence-corrected chi connectivity index (χ2v) is 6.23.